The van der Waals surface area contributed by atoms with E-state index in [1.54, 1.807) is 43.3 Å². The maximum atomic E-state index is 12.5. The molecule has 3 N–H and O–H groups in total. The number of benzene rings is 2. The zero-order valence-electron chi connectivity index (χ0n) is 13.9. The molecule has 2 amide bonds. The minimum atomic E-state index is -0.654. The van der Waals surface area contributed by atoms with E-state index in [2.05, 4.69) is 15.3 Å². The van der Waals surface area contributed by atoms with Crippen LogP contribution in [0.1, 0.15) is 6.92 Å². The molecule has 4 rings (SSSR count). The van der Waals surface area contributed by atoms with Crippen LogP contribution in [0, 0.1) is 0 Å². The lowest BCUT2D eigenvalue weighted by Gasteiger charge is -2.32. The van der Waals surface area contributed by atoms with E-state index >= 15 is 0 Å². The van der Waals surface area contributed by atoms with Crippen molar-refractivity contribution in [2.75, 3.05) is 16.8 Å². The van der Waals surface area contributed by atoms with E-state index in [9.17, 15) is 14.4 Å². The number of anilines is 2. The first-order valence-electron chi connectivity index (χ1n) is 8.10. The van der Waals surface area contributed by atoms with E-state index < -0.39 is 6.10 Å². The molecule has 0 saturated heterocycles. The van der Waals surface area contributed by atoms with Crippen molar-refractivity contribution in [2.24, 2.45) is 0 Å². The van der Waals surface area contributed by atoms with Crippen molar-refractivity contribution in [3.8, 4) is 5.75 Å². The predicted octanol–water partition coefficient (Wildman–Crippen LogP) is 1.61. The molecule has 0 bridgehead atoms. The normalized spacial score (nSPS) is 16.3. The summed E-state index contributed by atoms with van der Waals surface area (Å²) >= 11 is 0. The van der Waals surface area contributed by atoms with Crippen LogP contribution in [-0.4, -0.2) is 34.4 Å². The van der Waals surface area contributed by atoms with Crippen molar-refractivity contribution in [1.82, 2.24) is 9.97 Å². The Bertz CT molecular complexity index is 1070. The van der Waals surface area contributed by atoms with Crippen LogP contribution < -0.4 is 20.6 Å². The Morgan fingerprint density at radius 1 is 1.15 bits per heavy atom. The zero-order valence-corrected chi connectivity index (χ0v) is 13.9. The van der Waals surface area contributed by atoms with Crippen LogP contribution in [-0.2, 0) is 9.59 Å². The van der Waals surface area contributed by atoms with Gasteiger partial charge in [-0.25, -0.2) is 4.79 Å². The third kappa shape index (κ3) is 2.81. The molecule has 8 heteroatoms. The monoisotopic (exact) mass is 352 g/mol. The second kappa shape index (κ2) is 6.07. The number of fused-ring (bicyclic) bond motifs is 2. The molecule has 0 unspecified atom stereocenters. The molecule has 1 aromatic heterocycles. The first-order valence-corrected chi connectivity index (χ1v) is 8.10. The topological polar surface area (TPSA) is 107 Å². The number of carbonyl (C=O) groups excluding carboxylic acids is 2. The number of carbonyl (C=O) groups is 2. The van der Waals surface area contributed by atoms with E-state index in [0.717, 1.165) is 0 Å². The second-order valence-corrected chi connectivity index (χ2v) is 6.04. The molecular weight excluding hydrogens is 336 g/mol. The van der Waals surface area contributed by atoms with Gasteiger partial charge in [0.2, 0.25) is 5.91 Å². The Hall–Kier alpha value is -3.55. The quantitative estimate of drug-likeness (QED) is 0.665. The van der Waals surface area contributed by atoms with Crippen molar-refractivity contribution in [3.63, 3.8) is 0 Å². The largest absolute Gasteiger partial charge is 0.479 e. The lowest BCUT2D eigenvalue weighted by Crippen LogP contribution is -2.47. The molecule has 0 aliphatic carbocycles. The van der Waals surface area contributed by atoms with E-state index in [4.69, 9.17) is 4.74 Å². The van der Waals surface area contributed by atoms with Crippen molar-refractivity contribution in [1.29, 1.82) is 0 Å². The smallest absolute Gasteiger partial charge is 0.323 e. The molecule has 2 aromatic carbocycles. The number of hydrogen-bond donors (Lipinski definition) is 3. The number of aromatic amines is 2. The van der Waals surface area contributed by atoms with E-state index in [1.165, 1.54) is 4.90 Å². The van der Waals surface area contributed by atoms with Crippen molar-refractivity contribution in [3.05, 3.63) is 52.9 Å². The number of aromatic nitrogens is 2. The highest BCUT2D eigenvalue weighted by Gasteiger charge is 2.32. The third-order valence-corrected chi connectivity index (χ3v) is 4.18. The van der Waals surface area contributed by atoms with Gasteiger partial charge in [0.15, 0.2) is 6.10 Å². The average molecular weight is 352 g/mol. The Kier molecular flexibility index (Phi) is 3.72. The van der Waals surface area contributed by atoms with E-state index in [1.807, 2.05) is 6.07 Å². The summed E-state index contributed by atoms with van der Waals surface area (Å²) < 4.78 is 5.56. The average Bonchev–Trinajstić information content (AvgIpc) is 2.98. The maximum absolute atomic E-state index is 12.5. The molecule has 8 nitrogen and oxygen atoms in total. The summed E-state index contributed by atoms with van der Waals surface area (Å²) in [4.78, 5) is 42.9. The molecule has 26 heavy (non-hydrogen) atoms. The lowest BCUT2D eigenvalue weighted by molar-refractivity contribution is -0.127. The molecule has 0 fully saturated rings. The van der Waals surface area contributed by atoms with Gasteiger partial charge in [0.05, 0.1) is 16.7 Å². The third-order valence-electron chi connectivity index (χ3n) is 4.18. The highest BCUT2D eigenvalue weighted by molar-refractivity contribution is 6.06. The molecule has 0 saturated carbocycles. The molecule has 1 atom stereocenters. The van der Waals surface area contributed by atoms with Gasteiger partial charge in [0.25, 0.3) is 5.91 Å². The van der Waals surface area contributed by atoms with Crippen LogP contribution in [0.25, 0.3) is 11.0 Å². The lowest BCUT2D eigenvalue weighted by atomic mass is 10.2. The standard InChI is InChI=1S/C18H16N4O4/c1-10-17(24)22(14-4-2-3-5-15(14)26-10)9-16(23)19-11-6-7-12-13(8-11)21-18(25)20-12/h2-8,10H,9H2,1H3,(H,19,23)(H2,20,21,25)/t10-/m0/s1. The summed E-state index contributed by atoms with van der Waals surface area (Å²) in [5.74, 6) is -0.0533. The first-order chi connectivity index (χ1) is 12.5. The summed E-state index contributed by atoms with van der Waals surface area (Å²) in [6.07, 6.45) is -0.654. The van der Waals surface area contributed by atoms with Crippen LogP contribution >= 0.6 is 0 Å². The fourth-order valence-electron chi connectivity index (χ4n) is 2.98. The molecule has 0 radical (unpaired) electrons. The van der Waals surface area contributed by atoms with Crippen molar-refractivity contribution < 1.29 is 14.3 Å². The highest BCUT2D eigenvalue weighted by atomic mass is 16.5. The number of nitrogens with one attached hydrogen (secondary N) is 3. The van der Waals surface area contributed by atoms with Crippen molar-refractivity contribution >= 4 is 34.2 Å². The Morgan fingerprint density at radius 2 is 1.92 bits per heavy atom. The van der Waals surface area contributed by atoms with Crippen LogP contribution in [0.5, 0.6) is 5.75 Å². The summed E-state index contributed by atoms with van der Waals surface area (Å²) in [7, 11) is 0. The number of hydrogen-bond acceptors (Lipinski definition) is 4. The van der Waals surface area contributed by atoms with Gasteiger partial charge in [0, 0.05) is 5.69 Å². The number of imidazole rings is 1. The minimum absolute atomic E-state index is 0.134. The molecule has 1 aliphatic heterocycles. The number of rotatable bonds is 3. The van der Waals surface area contributed by atoms with Crippen molar-refractivity contribution in [2.45, 2.75) is 13.0 Å². The fourth-order valence-corrected chi connectivity index (χ4v) is 2.98. The number of nitrogens with zero attached hydrogens (tertiary/aromatic N) is 1. The predicted molar refractivity (Wildman–Crippen MR) is 96.4 cm³/mol. The fraction of sp³-hybridized carbons (Fsp3) is 0.167. The van der Waals surface area contributed by atoms with E-state index in [0.29, 0.717) is 28.2 Å². The Morgan fingerprint density at radius 3 is 2.77 bits per heavy atom. The van der Waals surface area contributed by atoms with Gasteiger partial charge in [-0.05, 0) is 37.3 Å². The minimum Gasteiger partial charge on any atom is -0.479 e. The molecule has 2 heterocycles. The SMILES string of the molecule is C[C@@H]1Oc2ccccc2N(CC(=O)Nc2ccc3[nH]c(=O)[nH]c3c2)C1=O. The summed E-state index contributed by atoms with van der Waals surface area (Å²) in [5.41, 5.74) is 2.03. The number of H-pyrrole nitrogens is 2. The molecular formula is C18H16N4O4. The molecule has 1 aliphatic rings. The number of para-hydroxylation sites is 2. The van der Waals surface area contributed by atoms with Gasteiger partial charge >= 0.3 is 5.69 Å². The summed E-state index contributed by atoms with van der Waals surface area (Å²) in [6.45, 7) is 1.52. The van der Waals surface area contributed by atoms with Gasteiger partial charge < -0.3 is 20.0 Å². The van der Waals surface area contributed by atoms with Gasteiger partial charge in [-0.2, -0.15) is 0 Å². The number of amides is 2. The molecule has 132 valence electrons. The van der Waals surface area contributed by atoms with Gasteiger partial charge in [-0.3, -0.25) is 14.5 Å². The number of ether oxygens (including phenoxy) is 1. The Labute approximate surface area is 147 Å². The van der Waals surface area contributed by atoms with Gasteiger partial charge in [-0.15, -0.1) is 0 Å². The first kappa shape index (κ1) is 15.9. The van der Waals surface area contributed by atoms with E-state index in [-0.39, 0.29) is 24.0 Å². The summed E-state index contributed by atoms with van der Waals surface area (Å²) in [6, 6.07) is 12.1. The van der Waals surface area contributed by atoms with Crippen LogP contribution in [0.3, 0.4) is 0 Å². The van der Waals surface area contributed by atoms with Crippen LogP contribution in [0.2, 0.25) is 0 Å². The van der Waals surface area contributed by atoms with Gasteiger partial charge in [-0.1, -0.05) is 12.1 Å². The van der Waals surface area contributed by atoms with Crippen LogP contribution in [0.4, 0.5) is 11.4 Å². The summed E-state index contributed by atoms with van der Waals surface area (Å²) in [5, 5.41) is 2.75. The second-order valence-electron chi connectivity index (χ2n) is 6.04. The molecule has 3 aromatic rings. The molecule has 0 spiro atoms. The van der Waals surface area contributed by atoms with Gasteiger partial charge in [0.1, 0.15) is 12.3 Å². The zero-order chi connectivity index (χ0) is 18.3. The Balaban J connectivity index is 1.55. The maximum Gasteiger partial charge on any atom is 0.323 e. The highest BCUT2D eigenvalue weighted by Crippen LogP contribution is 2.33. The van der Waals surface area contributed by atoms with Crippen LogP contribution in [0.15, 0.2) is 47.3 Å².